The van der Waals surface area contributed by atoms with Gasteiger partial charge in [0.05, 0.1) is 18.7 Å². The van der Waals surface area contributed by atoms with Gasteiger partial charge in [-0.05, 0) is 30.5 Å². The van der Waals surface area contributed by atoms with Crippen LogP contribution in [0, 0.1) is 11.3 Å². The van der Waals surface area contributed by atoms with Crippen molar-refractivity contribution in [3.63, 3.8) is 0 Å². The third-order valence-electron chi connectivity index (χ3n) is 3.43. The van der Waals surface area contributed by atoms with Gasteiger partial charge in [-0.2, -0.15) is 5.26 Å². The first kappa shape index (κ1) is 11.6. The number of hydrogen-bond acceptors (Lipinski definition) is 4. The first-order valence-corrected chi connectivity index (χ1v) is 5.48. The highest BCUT2D eigenvalue weighted by molar-refractivity contribution is 5.78. The first-order chi connectivity index (χ1) is 8.14. The van der Waals surface area contributed by atoms with Gasteiger partial charge in [-0.3, -0.25) is 4.79 Å². The van der Waals surface area contributed by atoms with Gasteiger partial charge in [-0.15, -0.1) is 0 Å². The van der Waals surface area contributed by atoms with Crippen molar-refractivity contribution in [3.8, 4) is 6.07 Å². The Morgan fingerprint density at radius 1 is 1.47 bits per heavy atom. The molecule has 1 fully saturated rings. The number of nitrogens with two attached hydrogens (primary N) is 1. The Morgan fingerprint density at radius 3 is 2.47 bits per heavy atom. The van der Waals surface area contributed by atoms with Crippen LogP contribution in [0.2, 0.25) is 0 Å². The zero-order valence-electron chi connectivity index (χ0n) is 9.64. The van der Waals surface area contributed by atoms with Crippen molar-refractivity contribution in [1.29, 1.82) is 5.26 Å². The van der Waals surface area contributed by atoms with E-state index in [-0.39, 0.29) is 11.4 Å². The molecule has 1 atom stereocenters. The van der Waals surface area contributed by atoms with Gasteiger partial charge in [0.15, 0.2) is 0 Å². The molecule has 1 aromatic carbocycles. The van der Waals surface area contributed by atoms with Crippen LogP contribution in [0.25, 0.3) is 0 Å². The van der Waals surface area contributed by atoms with Crippen molar-refractivity contribution < 1.29 is 9.53 Å². The van der Waals surface area contributed by atoms with E-state index in [1.807, 2.05) is 12.1 Å². The quantitative estimate of drug-likeness (QED) is 0.788. The van der Waals surface area contributed by atoms with Crippen molar-refractivity contribution in [2.45, 2.75) is 24.3 Å². The zero-order valence-corrected chi connectivity index (χ0v) is 9.64. The Morgan fingerprint density at radius 2 is 2.06 bits per heavy atom. The molecule has 1 aromatic rings. The van der Waals surface area contributed by atoms with Crippen molar-refractivity contribution in [1.82, 2.24) is 0 Å². The maximum absolute atomic E-state index is 11.5. The van der Waals surface area contributed by atoms with E-state index in [9.17, 15) is 4.79 Å². The van der Waals surface area contributed by atoms with Gasteiger partial charge < -0.3 is 10.5 Å². The van der Waals surface area contributed by atoms with E-state index in [0.717, 1.165) is 18.4 Å². The normalized spacial score (nSPS) is 17.9. The summed E-state index contributed by atoms with van der Waals surface area (Å²) in [6, 6.07) is 8.68. The Hall–Kier alpha value is -1.86. The number of esters is 1. The van der Waals surface area contributed by atoms with Crippen LogP contribution in [-0.2, 0) is 14.9 Å². The van der Waals surface area contributed by atoms with E-state index >= 15 is 0 Å². The fourth-order valence-corrected chi connectivity index (χ4v) is 2.14. The average molecular weight is 230 g/mol. The number of hydrogen-bond donors (Lipinski definition) is 1. The number of nitriles is 1. The summed E-state index contributed by atoms with van der Waals surface area (Å²) < 4.78 is 4.69. The fourth-order valence-electron chi connectivity index (χ4n) is 2.14. The van der Waals surface area contributed by atoms with Crippen molar-refractivity contribution >= 4 is 5.97 Å². The molecule has 0 aliphatic heterocycles. The highest BCUT2D eigenvalue weighted by Gasteiger charge is 2.52. The minimum Gasteiger partial charge on any atom is -0.468 e. The minimum atomic E-state index is -0.625. The number of nitrogens with zero attached hydrogens (tertiary/aromatic N) is 1. The molecule has 0 heterocycles. The van der Waals surface area contributed by atoms with Crippen LogP contribution < -0.4 is 5.73 Å². The van der Waals surface area contributed by atoms with E-state index in [0.29, 0.717) is 5.56 Å². The molecule has 2 N–H and O–H groups in total. The third kappa shape index (κ3) is 1.90. The van der Waals surface area contributed by atoms with Gasteiger partial charge in [0.2, 0.25) is 0 Å². The zero-order chi connectivity index (χ0) is 12.5. The second-order valence-electron chi connectivity index (χ2n) is 4.35. The van der Waals surface area contributed by atoms with Crippen LogP contribution in [0.15, 0.2) is 24.3 Å². The van der Waals surface area contributed by atoms with Gasteiger partial charge in [-0.25, -0.2) is 0 Å². The van der Waals surface area contributed by atoms with E-state index in [1.54, 1.807) is 12.1 Å². The monoisotopic (exact) mass is 230 g/mol. The smallest absolute Gasteiger partial charge is 0.323 e. The molecule has 88 valence electrons. The molecular weight excluding hydrogens is 216 g/mol. The summed E-state index contributed by atoms with van der Waals surface area (Å²) in [4.78, 5) is 11.5. The summed E-state index contributed by atoms with van der Waals surface area (Å²) in [6.07, 6.45) is 1.77. The first-order valence-electron chi connectivity index (χ1n) is 5.48. The van der Waals surface area contributed by atoms with E-state index in [4.69, 9.17) is 11.0 Å². The summed E-state index contributed by atoms with van der Waals surface area (Å²) in [5.74, 6) is -0.383. The van der Waals surface area contributed by atoms with Crippen LogP contribution in [0.3, 0.4) is 0 Å². The third-order valence-corrected chi connectivity index (χ3v) is 3.43. The summed E-state index contributed by atoms with van der Waals surface area (Å²) in [7, 11) is 1.34. The number of rotatable bonds is 3. The molecule has 0 radical (unpaired) electrons. The summed E-state index contributed by atoms with van der Waals surface area (Å²) in [6.45, 7) is 0. The molecule has 1 aliphatic rings. The molecule has 4 heteroatoms. The van der Waals surface area contributed by atoms with Gasteiger partial charge >= 0.3 is 5.97 Å². The fraction of sp³-hybridized carbons (Fsp3) is 0.385. The maximum atomic E-state index is 11.5. The summed E-state index contributed by atoms with van der Waals surface area (Å²) in [5, 5.41) is 8.73. The molecular formula is C13H14N2O2. The van der Waals surface area contributed by atoms with Gasteiger partial charge in [-0.1, -0.05) is 12.1 Å². The lowest BCUT2D eigenvalue weighted by Gasteiger charge is -2.21. The topological polar surface area (TPSA) is 76.1 Å². The average Bonchev–Trinajstić information content (AvgIpc) is 3.18. The summed E-state index contributed by atoms with van der Waals surface area (Å²) in [5.41, 5.74) is 7.26. The largest absolute Gasteiger partial charge is 0.468 e. The number of carbonyl (C=O) groups is 1. The second kappa shape index (κ2) is 4.19. The lowest BCUT2D eigenvalue weighted by atomic mass is 9.88. The number of ether oxygens (including phenoxy) is 1. The van der Waals surface area contributed by atoms with Crippen molar-refractivity contribution in [2.75, 3.05) is 7.11 Å². The molecule has 1 aliphatic carbocycles. The Kier molecular flexibility index (Phi) is 2.86. The predicted octanol–water partition coefficient (Wildman–Crippen LogP) is 1.09. The van der Waals surface area contributed by atoms with Gasteiger partial charge in [0, 0.05) is 5.41 Å². The maximum Gasteiger partial charge on any atom is 0.323 e. The minimum absolute atomic E-state index is 0.291. The van der Waals surface area contributed by atoms with Gasteiger partial charge in [0.1, 0.15) is 6.04 Å². The lowest BCUT2D eigenvalue weighted by Crippen LogP contribution is -2.42. The molecule has 2 rings (SSSR count). The Labute approximate surface area is 100.0 Å². The predicted molar refractivity (Wildman–Crippen MR) is 62.1 cm³/mol. The molecule has 4 nitrogen and oxygen atoms in total. The molecule has 17 heavy (non-hydrogen) atoms. The molecule has 1 unspecified atom stereocenters. The van der Waals surface area contributed by atoms with Crippen LogP contribution in [0.5, 0.6) is 0 Å². The molecule has 0 spiro atoms. The summed E-state index contributed by atoms with van der Waals surface area (Å²) >= 11 is 0. The Bertz CT molecular complexity index is 469. The molecule has 0 bridgehead atoms. The SMILES string of the molecule is COC(=O)C(N)C1(c2ccc(C#N)cc2)CC1. The highest BCUT2D eigenvalue weighted by atomic mass is 16.5. The molecule has 0 amide bonds. The molecule has 0 aromatic heterocycles. The van der Waals surface area contributed by atoms with E-state index in [1.165, 1.54) is 7.11 Å². The number of methoxy groups -OCH3 is 1. The highest BCUT2D eigenvalue weighted by Crippen LogP contribution is 2.50. The van der Waals surface area contributed by atoms with E-state index in [2.05, 4.69) is 10.8 Å². The van der Waals surface area contributed by atoms with Crippen LogP contribution in [0.4, 0.5) is 0 Å². The van der Waals surface area contributed by atoms with Crippen molar-refractivity contribution in [2.24, 2.45) is 5.73 Å². The van der Waals surface area contributed by atoms with Crippen molar-refractivity contribution in [3.05, 3.63) is 35.4 Å². The number of benzene rings is 1. The number of carbonyl (C=O) groups excluding carboxylic acids is 1. The lowest BCUT2D eigenvalue weighted by molar-refractivity contribution is -0.143. The van der Waals surface area contributed by atoms with Gasteiger partial charge in [0.25, 0.3) is 0 Å². The Balaban J connectivity index is 2.26. The van der Waals surface area contributed by atoms with Crippen LogP contribution in [-0.4, -0.2) is 19.1 Å². The van der Waals surface area contributed by atoms with Crippen LogP contribution >= 0.6 is 0 Å². The van der Waals surface area contributed by atoms with Crippen LogP contribution in [0.1, 0.15) is 24.0 Å². The standard InChI is InChI=1S/C13H14N2O2/c1-17-12(16)11(15)13(6-7-13)10-4-2-9(8-14)3-5-10/h2-5,11H,6-7,15H2,1H3. The second-order valence-corrected chi connectivity index (χ2v) is 4.35. The molecule has 1 saturated carbocycles. The molecule has 0 saturated heterocycles. The van der Waals surface area contributed by atoms with E-state index < -0.39 is 6.04 Å².